The van der Waals surface area contributed by atoms with Crippen molar-refractivity contribution in [3.63, 3.8) is 0 Å². The van der Waals surface area contributed by atoms with E-state index in [2.05, 4.69) is 10.3 Å². The molecule has 2 N–H and O–H groups in total. The summed E-state index contributed by atoms with van der Waals surface area (Å²) in [6.45, 7) is 0.589. The number of hydrogen-bond acceptors (Lipinski definition) is 4. The van der Waals surface area contributed by atoms with Gasteiger partial charge < -0.3 is 10.4 Å². The van der Waals surface area contributed by atoms with Crippen molar-refractivity contribution >= 4 is 30.1 Å². The molecule has 4 nitrogen and oxygen atoms in total. The van der Waals surface area contributed by atoms with Crippen LogP contribution in [0.1, 0.15) is 16.8 Å². The molecule has 6 heteroatoms. The minimum Gasteiger partial charge on any atom is -0.507 e. The fourth-order valence-corrected chi connectivity index (χ4v) is 2.50. The predicted octanol–water partition coefficient (Wildman–Crippen LogP) is 3.12. The van der Waals surface area contributed by atoms with Gasteiger partial charge in [0.05, 0.1) is 5.56 Å². The number of phenolic OH excluding ortho intramolecular Hbond substituents is 1. The lowest BCUT2D eigenvalue weighted by Gasteiger charge is -2.06. The van der Waals surface area contributed by atoms with Crippen molar-refractivity contribution in [3.8, 4) is 5.75 Å². The van der Waals surface area contributed by atoms with Crippen molar-refractivity contribution in [1.82, 2.24) is 10.3 Å². The Kier molecular flexibility index (Phi) is 7.64. The van der Waals surface area contributed by atoms with Gasteiger partial charge in [-0.2, -0.15) is 0 Å². The summed E-state index contributed by atoms with van der Waals surface area (Å²) in [5, 5.41) is 12.4. The van der Waals surface area contributed by atoms with E-state index in [1.165, 1.54) is 11.0 Å². The zero-order chi connectivity index (χ0) is 14.2. The summed E-state index contributed by atoms with van der Waals surface area (Å²) < 4.78 is 0. The van der Waals surface area contributed by atoms with Gasteiger partial charge in [0.1, 0.15) is 5.75 Å². The number of pyridine rings is 1. The number of thioether (sulfide) groups is 1. The highest BCUT2D eigenvalue weighted by atomic mass is 35.5. The van der Waals surface area contributed by atoms with Gasteiger partial charge in [-0.1, -0.05) is 12.1 Å². The maximum Gasteiger partial charge on any atom is 0.255 e. The number of aromatic nitrogens is 1. The number of para-hydroxylation sites is 1. The van der Waals surface area contributed by atoms with Crippen LogP contribution < -0.4 is 5.32 Å². The molecule has 0 atom stereocenters. The number of aromatic hydroxyl groups is 1. The van der Waals surface area contributed by atoms with Crippen LogP contribution >= 0.6 is 24.2 Å². The van der Waals surface area contributed by atoms with E-state index >= 15 is 0 Å². The van der Waals surface area contributed by atoms with Crippen LogP contribution in [0.2, 0.25) is 0 Å². The average molecular weight is 325 g/mol. The maximum absolute atomic E-state index is 11.8. The molecule has 0 bridgehead atoms. The summed E-state index contributed by atoms with van der Waals surface area (Å²) in [6, 6.07) is 10.5. The van der Waals surface area contributed by atoms with Gasteiger partial charge in [0, 0.05) is 23.8 Å². The van der Waals surface area contributed by atoms with E-state index in [0.29, 0.717) is 12.1 Å². The van der Waals surface area contributed by atoms with Gasteiger partial charge in [0.25, 0.3) is 5.91 Å². The van der Waals surface area contributed by atoms with Gasteiger partial charge in [-0.25, -0.2) is 0 Å². The molecule has 0 saturated heterocycles. The van der Waals surface area contributed by atoms with Gasteiger partial charge in [-0.15, -0.1) is 24.2 Å². The molecule has 0 spiro atoms. The molecule has 0 aliphatic rings. The molecule has 1 amide bonds. The predicted molar refractivity (Wildman–Crippen MR) is 87.3 cm³/mol. The number of hydrogen-bond donors (Lipinski definition) is 2. The molecular weight excluding hydrogens is 308 g/mol. The number of nitrogens with one attached hydrogen (secondary N) is 1. The van der Waals surface area contributed by atoms with Crippen LogP contribution in [-0.2, 0) is 0 Å². The van der Waals surface area contributed by atoms with Crippen molar-refractivity contribution in [3.05, 3.63) is 54.4 Å². The maximum atomic E-state index is 11.8. The number of amides is 1. The van der Waals surface area contributed by atoms with Crippen LogP contribution in [0.5, 0.6) is 5.75 Å². The Labute approximate surface area is 134 Å². The molecule has 1 aromatic heterocycles. The zero-order valence-corrected chi connectivity index (χ0v) is 13.0. The molecule has 2 aromatic rings. The number of halogens is 1. The first-order chi connectivity index (χ1) is 9.77. The van der Waals surface area contributed by atoms with Crippen LogP contribution in [-0.4, -0.2) is 28.3 Å². The molecule has 21 heavy (non-hydrogen) atoms. The Balaban J connectivity index is 0.00000220. The van der Waals surface area contributed by atoms with Crippen LogP contribution in [0, 0.1) is 0 Å². The van der Waals surface area contributed by atoms with Gasteiger partial charge in [-0.05, 0) is 36.4 Å². The van der Waals surface area contributed by atoms with Crippen LogP contribution in [0.3, 0.4) is 0 Å². The molecule has 0 aliphatic carbocycles. The second-order valence-corrected chi connectivity index (χ2v) is 5.33. The van der Waals surface area contributed by atoms with Crippen LogP contribution in [0.25, 0.3) is 0 Å². The van der Waals surface area contributed by atoms with Gasteiger partial charge >= 0.3 is 0 Å². The van der Waals surface area contributed by atoms with E-state index < -0.39 is 0 Å². The molecule has 0 aliphatic heterocycles. The van der Waals surface area contributed by atoms with E-state index in [-0.39, 0.29) is 24.1 Å². The molecule has 1 heterocycles. The summed E-state index contributed by atoms with van der Waals surface area (Å²) in [5.41, 5.74) is 0.314. The topological polar surface area (TPSA) is 62.2 Å². The lowest BCUT2D eigenvalue weighted by molar-refractivity contribution is 0.0951. The molecular formula is C15H17ClN2O2S. The summed E-state index contributed by atoms with van der Waals surface area (Å²) >= 11 is 1.73. The van der Waals surface area contributed by atoms with Gasteiger partial charge in [0.15, 0.2) is 0 Å². The Morgan fingerprint density at radius 3 is 2.62 bits per heavy atom. The highest BCUT2D eigenvalue weighted by Crippen LogP contribution is 2.17. The van der Waals surface area contributed by atoms with E-state index in [1.807, 2.05) is 12.1 Å². The normalized spacial score (nSPS) is 9.71. The summed E-state index contributed by atoms with van der Waals surface area (Å²) in [4.78, 5) is 16.9. The first-order valence-corrected chi connectivity index (χ1v) is 7.35. The number of nitrogens with zero attached hydrogens (tertiary/aromatic N) is 1. The fraction of sp³-hybridized carbons (Fsp3) is 0.200. The van der Waals surface area contributed by atoms with Crippen molar-refractivity contribution in [2.75, 3.05) is 12.3 Å². The van der Waals surface area contributed by atoms with E-state index in [9.17, 15) is 9.90 Å². The van der Waals surface area contributed by atoms with Crippen molar-refractivity contribution in [1.29, 1.82) is 0 Å². The molecule has 0 unspecified atom stereocenters. The van der Waals surface area contributed by atoms with Crippen molar-refractivity contribution < 1.29 is 9.90 Å². The third kappa shape index (κ3) is 5.65. The third-order valence-electron chi connectivity index (χ3n) is 2.67. The zero-order valence-electron chi connectivity index (χ0n) is 11.4. The Morgan fingerprint density at radius 1 is 1.19 bits per heavy atom. The Hall–Kier alpha value is -1.72. The summed E-state index contributed by atoms with van der Waals surface area (Å²) in [6.07, 6.45) is 4.40. The molecule has 0 radical (unpaired) electrons. The minimum atomic E-state index is -0.239. The first kappa shape index (κ1) is 17.3. The lowest BCUT2D eigenvalue weighted by atomic mass is 10.2. The fourth-order valence-electron chi connectivity index (χ4n) is 1.66. The molecule has 1 aromatic carbocycles. The number of benzene rings is 1. The molecule has 0 fully saturated rings. The van der Waals surface area contributed by atoms with Gasteiger partial charge in [0.2, 0.25) is 0 Å². The number of carbonyl (C=O) groups is 1. The summed E-state index contributed by atoms with van der Waals surface area (Å²) in [7, 11) is 0. The smallest absolute Gasteiger partial charge is 0.255 e. The largest absolute Gasteiger partial charge is 0.507 e. The number of phenols is 1. The second kappa shape index (κ2) is 9.26. The molecule has 112 valence electrons. The highest BCUT2D eigenvalue weighted by molar-refractivity contribution is 7.99. The van der Waals surface area contributed by atoms with E-state index in [0.717, 1.165) is 12.2 Å². The molecule has 0 saturated carbocycles. The lowest BCUT2D eigenvalue weighted by Crippen LogP contribution is -2.24. The van der Waals surface area contributed by atoms with Crippen LogP contribution in [0.4, 0.5) is 0 Å². The van der Waals surface area contributed by atoms with Gasteiger partial charge in [-0.3, -0.25) is 9.78 Å². The van der Waals surface area contributed by atoms with Crippen LogP contribution in [0.15, 0.2) is 53.7 Å². The Morgan fingerprint density at radius 2 is 1.90 bits per heavy atom. The number of carbonyl (C=O) groups excluding carboxylic acids is 1. The Bertz CT molecular complexity index is 567. The van der Waals surface area contributed by atoms with E-state index in [1.54, 1.807) is 42.4 Å². The third-order valence-corrected chi connectivity index (χ3v) is 3.77. The minimum absolute atomic E-state index is 0. The average Bonchev–Trinajstić information content (AvgIpc) is 2.48. The van der Waals surface area contributed by atoms with E-state index in [4.69, 9.17) is 0 Å². The standard InChI is InChI=1S/C15H16N2O2S.ClH/c18-14-5-2-1-4-13(14)15(19)17-8-3-11-20-12-6-9-16-10-7-12;/h1-2,4-7,9-10,18H,3,8,11H2,(H,17,19);1H. The van der Waals surface area contributed by atoms with Crippen molar-refractivity contribution in [2.45, 2.75) is 11.3 Å². The highest BCUT2D eigenvalue weighted by Gasteiger charge is 2.08. The monoisotopic (exact) mass is 324 g/mol. The number of rotatable bonds is 6. The van der Waals surface area contributed by atoms with Crippen molar-refractivity contribution in [2.24, 2.45) is 0 Å². The first-order valence-electron chi connectivity index (χ1n) is 6.36. The summed E-state index contributed by atoms with van der Waals surface area (Å²) in [5.74, 6) is 0.693. The second-order valence-electron chi connectivity index (χ2n) is 4.16. The SMILES string of the molecule is Cl.O=C(NCCCSc1ccncc1)c1ccccc1O. The quantitative estimate of drug-likeness (QED) is 0.633. The molecule has 2 rings (SSSR count).